The van der Waals surface area contributed by atoms with Crippen LogP contribution in [0.4, 0.5) is 11.5 Å². The fourth-order valence-corrected chi connectivity index (χ4v) is 5.20. The van der Waals surface area contributed by atoms with Crippen LogP contribution in [-0.2, 0) is 11.3 Å². The Bertz CT molecular complexity index is 978. The molecule has 1 N–H and O–H groups in total. The van der Waals surface area contributed by atoms with Gasteiger partial charge in [-0.05, 0) is 49.0 Å². The third-order valence-electron chi connectivity index (χ3n) is 7.08. The lowest BCUT2D eigenvalue weighted by Crippen LogP contribution is -2.78. The molecule has 0 bridgehead atoms. The first-order valence-corrected chi connectivity index (χ1v) is 11.8. The van der Waals surface area contributed by atoms with E-state index in [-0.39, 0.29) is 11.4 Å². The maximum atomic E-state index is 12.5. The Morgan fingerprint density at radius 2 is 1.72 bits per heavy atom. The standard InChI is InChI=1S/C24H31ClN6O/c1-23(2)7-9-29(10-8-23)12-18-3-5-19(6-4-18)30-13-22(32)28-24(14-30)15-31(16-24)21-11-20(25)26-17-27-21/h3-6,11,17H,7-10,12-16H2,1-2H3,(H,28,32). The molecule has 7 nitrogen and oxygen atoms in total. The normalized spacial score (nSPS) is 22.5. The van der Waals surface area contributed by atoms with Crippen molar-refractivity contribution >= 4 is 29.0 Å². The van der Waals surface area contributed by atoms with Crippen molar-refractivity contribution in [1.29, 1.82) is 0 Å². The maximum absolute atomic E-state index is 12.5. The van der Waals surface area contributed by atoms with E-state index in [2.05, 4.69) is 68.1 Å². The number of piperidine rings is 1. The Hall–Kier alpha value is -2.38. The van der Waals surface area contributed by atoms with Crippen LogP contribution < -0.4 is 15.1 Å². The van der Waals surface area contributed by atoms with E-state index in [1.165, 1.54) is 24.7 Å². The molecule has 4 heterocycles. The zero-order valence-corrected chi connectivity index (χ0v) is 19.6. The number of likely N-dealkylation sites (tertiary alicyclic amines) is 1. The second kappa shape index (κ2) is 8.19. The highest BCUT2D eigenvalue weighted by molar-refractivity contribution is 6.29. The molecule has 0 radical (unpaired) electrons. The van der Waals surface area contributed by atoms with E-state index in [9.17, 15) is 4.79 Å². The molecule has 8 heteroatoms. The highest BCUT2D eigenvalue weighted by atomic mass is 35.5. The number of piperazine rings is 1. The van der Waals surface area contributed by atoms with E-state index in [1.54, 1.807) is 6.07 Å². The van der Waals surface area contributed by atoms with Crippen molar-refractivity contribution in [1.82, 2.24) is 20.2 Å². The minimum Gasteiger partial charge on any atom is -0.360 e. The zero-order valence-electron chi connectivity index (χ0n) is 18.9. The van der Waals surface area contributed by atoms with Crippen molar-refractivity contribution in [2.75, 3.05) is 49.1 Å². The van der Waals surface area contributed by atoms with Gasteiger partial charge in [-0.3, -0.25) is 9.69 Å². The van der Waals surface area contributed by atoms with E-state index in [4.69, 9.17) is 11.6 Å². The molecule has 2 aromatic rings. The van der Waals surface area contributed by atoms with Gasteiger partial charge in [0.2, 0.25) is 5.91 Å². The Morgan fingerprint density at radius 1 is 1.03 bits per heavy atom. The third-order valence-corrected chi connectivity index (χ3v) is 7.29. The molecular formula is C24H31ClN6O. The number of halogens is 1. The minimum atomic E-state index is -0.258. The lowest BCUT2D eigenvalue weighted by molar-refractivity contribution is -0.123. The van der Waals surface area contributed by atoms with Crippen molar-refractivity contribution in [3.63, 3.8) is 0 Å². The summed E-state index contributed by atoms with van der Waals surface area (Å²) in [5.74, 6) is 0.865. The summed E-state index contributed by atoms with van der Waals surface area (Å²) in [5.41, 5.74) is 2.65. The van der Waals surface area contributed by atoms with Gasteiger partial charge in [0.15, 0.2) is 0 Å². The summed E-state index contributed by atoms with van der Waals surface area (Å²) in [6.07, 6.45) is 3.99. The Labute approximate surface area is 194 Å². The van der Waals surface area contributed by atoms with Crippen LogP contribution in [0.5, 0.6) is 0 Å². The highest BCUT2D eigenvalue weighted by Crippen LogP contribution is 2.32. The molecule has 1 aromatic carbocycles. The molecule has 5 rings (SSSR count). The monoisotopic (exact) mass is 454 g/mol. The van der Waals surface area contributed by atoms with Gasteiger partial charge < -0.3 is 15.1 Å². The number of hydrogen-bond donors (Lipinski definition) is 1. The molecule has 0 atom stereocenters. The van der Waals surface area contributed by atoms with Gasteiger partial charge >= 0.3 is 0 Å². The topological polar surface area (TPSA) is 64.6 Å². The smallest absolute Gasteiger partial charge is 0.240 e. The quantitative estimate of drug-likeness (QED) is 0.716. The SMILES string of the molecule is CC1(C)CCN(Cc2ccc(N3CC(=O)NC4(C3)CN(c3cc(Cl)ncn3)C4)cc2)CC1. The molecule has 1 aromatic heterocycles. The molecule has 32 heavy (non-hydrogen) atoms. The van der Waals surface area contributed by atoms with Crippen LogP contribution in [0.25, 0.3) is 0 Å². The van der Waals surface area contributed by atoms with Gasteiger partial charge in [-0.25, -0.2) is 9.97 Å². The summed E-state index contributed by atoms with van der Waals surface area (Å²) < 4.78 is 0. The molecule has 0 aliphatic carbocycles. The molecule has 3 aliphatic rings. The van der Waals surface area contributed by atoms with Crippen molar-refractivity contribution in [3.05, 3.63) is 47.4 Å². The number of nitrogens with zero attached hydrogens (tertiary/aromatic N) is 5. The van der Waals surface area contributed by atoms with E-state index < -0.39 is 0 Å². The lowest BCUT2D eigenvalue weighted by Gasteiger charge is -2.55. The van der Waals surface area contributed by atoms with Gasteiger partial charge in [0.05, 0.1) is 12.1 Å². The Morgan fingerprint density at radius 3 is 2.41 bits per heavy atom. The molecule has 1 amide bonds. The predicted octanol–water partition coefficient (Wildman–Crippen LogP) is 2.95. The van der Waals surface area contributed by atoms with E-state index in [0.717, 1.165) is 37.7 Å². The Kier molecular flexibility index (Phi) is 5.50. The van der Waals surface area contributed by atoms with Crippen molar-refractivity contribution < 1.29 is 4.79 Å². The third kappa shape index (κ3) is 4.55. The number of carbonyl (C=O) groups excluding carboxylic acids is 1. The minimum absolute atomic E-state index is 0.0663. The molecule has 3 aliphatic heterocycles. The van der Waals surface area contributed by atoms with Crippen LogP contribution in [0.15, 0.2) is 36.7 Å². The first kappa shape index (κ1) is 21.5. The molecule has 1 spiro atoms. The van der Waals surface area contributed by atoms with Crippen molar-refractivity contribution in [3.8, 4) is 0 Å². The van der Waals surface area contributed by atoms with Gasteiger partial charge in [0.25, 0.3) is 0 Å². The summed E-state index contributed by atoms with van der Waals surface area (Å²) in [7, 11) is 0. The second-order valence-electron chi connectivity index (χ2n) is 10.3. The van der Waals surface area contributed by atoms with E-state index in [1.807, 2.05) is 0 Å². The van der Waals surface area contributed by atoms with E-state index >= 15 is 0 Å². The van der Waals surface area contributed by atoms with Crippen LogP contribution in [0.2, 0.25) is 5.15 Å². The lowest BCUT2D eigenvalue weighted by atomic mass is 9.82. The van der Waals surface area contributed by atoms with Gasteiger partial charge in [-0.1, -0.05) is 37.6 Å². The second-order valence-corrected chi connectivity index (χ2v) is 10.7. The van der Waals surface area contributed by atoms with Gasteiger partial charge in [0.1, 0.15) is 17.3 Å². The average molecular weight is 455 g/mol. The first-order valence-electron chi connectivity index (χ1n) is 11.4. The molecule has 3 fully saturated rings. The number of benzene rings is 1. The molecule has 0 saturated carbocycles. The number of aromatic nitrogens is 2. The largest absolute Gasteiger partial charge is 0.360 e. The molecule has 170 valence electrons. The van der Waals surface area contributed by atoms with Crippen molar-refractivity contribution in [2.45, 2.75) is 38.8 Å². The number of nitrogens with one attached hydrogen (secondary N) is 1. The van der Waals surface area contributed by atoms with Gasteiger partial charge in [-0.15, -0.1) is 0 Å². The molecular weight excluding hydrogens is 424 g/mol. The summed E-state index contributed by atoms with van der Waals surface area (Å²) >= 11 is 6.00. The van der Waals surface area contributed by atoms with Crippen LogP contribution in [0, 0.1) is 5.41 Å². The summed E-state index contributed by atoms with van der Waals surface area (Å²) in [5, 5.41) is 3.64. The highest BCUT2D eigenvalue weighted by Gasteiger charge is 2.48. The molecule has 3 saturated heterocycles. The summed E-state index contributed by atoms with van der Waals surface area (Å²) in [6.45, 7) is 10.7. The number of anilines is 2. The summed E-state index contributed by atoms with van der Waals surface area (Å²) in [4.78, 5) is 27.6. The van der Waals surface area contributed by atoms with Crippen LogP contribution in [-0.4, -0.2) is 65.6 Å². The maximum Gasteiger partial charge on any atom is 0.240 e. The first-order chi connectivity index (χ1) is 15.3. The predicted molar refractivity (Wildman–Crippen MR) is 127 cm³/mol. The summed E-state index contributed by atoms with van der Waals surface area (Å²) in [6, 6.07) is 10.5. The zero-order chi connectivity index (χ0) is 22.3. The number of hydrogen-bond acceptors (Lipinski definition) is 6. The van der Waals surface area contributed by atoms with Crippen LogP contribution in [0.1, 0.15) is 32.3 Å². The van der Waals surface area contributed by atoms with Crippen molar-refractivity contribution in [2.24, 2.45) is 5.41 Å². The fraction of sp³-hybridized carbons (Fsp3) is 0.542. The number of rotatable bonds is 4. The van der Waals surface area contributed by atoms with Crippen LogP contribution in [0.3, 0.4) is 0 Å². The molecule has 0 unspecified atom stereocenters. The van der Waals surface area contributed by atoms with Gasteiger partial charge in [-0.2, -0.15) is 0 Å². The van der Waals surface area contributed by atoms with E-state index in [0.29, 0.717) is 30.2 Å². The van der Waals surface area contributed by atoms with Crippen LogP contribution >= 0.6 is 11.6 Å². The number of carbonyl (C=O) groups is 1. The van der Waals surface area contributed by atoms with Gasteiger partial charge in [0, 0.05) is 37.9 Å². The number of amides is 1. The average Bonchev–Trinajstić information content (AvgIpc) is 2.73. The fourth-order valence-electron chi connectivity index (χ4n) is 5.06. The Balaban J connectivity index is 1.21.